The number of benzene rings is 2. The fourth-order valence-electron chi connectivity index (χ4n) is 3.82. The molecule has 0 aliphatic carbocycles. The Labute approximate surface area is 175 Å². The molecule has 0 radical (unpaired) electrons. The van der Waals surface area contributed by atoms with E-state index in [0.29, 0.717) is 11.3 Å². The van der Waals surface area contributed by atoms with Crippen molar-refractivity contribution in [1.82, 2.24) is 0 Å². The molecule has 0 bridgehead atoms. The monoisotopic (exact) mass is 412 g/mol. The summed E-state index contributed by atoms with van der Waals surface area (Å²) in [5.74, 6) is 0. The Morgan fingerprint density at radius 2 is 1.34 bits per heavy atom. The zero-order chi connectivity index (χ0) is 21.9. The third-order valence-electron chi connectivity index (χ3n) is 5.04. The average molecular weight is 413 g/mol. The number of aldehydes is 1. The van der Waals surface area contributed by atoms with Gasteiger partial charge in [0.1, 0.15) is 6.29 Å². The summed E-state index contributed by atoms with van der Waals surface area (Å²) in [6, 6.07) is 15.7. The summed E-state index contributed by atoms with van der Waals surface area (Å²) < 4.78 is 0. The van der Waals surface area contributed by atoms with Crippen LogP contribution in [0.4, 0.5) is 11.4 Å². The van der Waals surface area contributed by atoms with Crippen LogP contribution < -0.4 is 10.2 Å². The van der Waals surface area contributed by atoms with Gasteiger partial charge in [-0.25, -0.2) is 0 Å². The van der Waals surface area contributed by atoms with Gasteiger partial charge < -0.3 is 4.90 Å². The summed E-state index contributed by atoms with van der Waals surface area (Å²) in [5, 5.41) is 9.70. The second-order valence-corrected chi connectivity index (χ2v) is 14.0. The van der Waals surface area contributed by atoms with Crippen molar-refractivity contribution in [2.24, 2.45) is 15.2 Å². The van der Waals surface area contributed by atoms with Gasteiger partial charge in [0.05, 0.1) is 5.69 Å². The average Bonchev–Trinajstić information content (AvgIpc) is 2.64. The molecule has 0 aliphatic rings. The van der Waals surface area contributed by atoms with Gasteiger partial charge in [-0.1, -0.05) is 53.7 Å². The summed E-state index contributed by atoms with van der Waals surface area (Å²) in [7, 11) is 1.95. The Morgan fingerprint density at radius 1 is 0.828 bits per heavy atom. The predicted molar refractivity (Wildman–Crippen MR) is 126 cm³/mol. The summed E-state index contributed by atoms with van der Waals surface area (Å²) in [5.41, 5.74) is 2.46. The topological polar surface area (TPSA) is 57.4 Å². The Balaban J connectivity index is 2.63. The highest BCUT2D eigenvalue weighted by molar-refractivity contribution is 7.76. The second-order valence-electron chi connectivity index (χ2n) is 9.38. The molecule has 0 fully saturated rings. The van der Waals surface area contributed by atoms with E-state index in [2.05, 4.69) is 81.0 Å². The lowest BCUT2D eigenvalue weighted by molar-refractivity contribution is 0.112. The van der Waals surface area contributed by atoms with Crippen LogP contribution in [0.1, 0.15) is 51.9 Å². The van der Waals surface area contributed by atoms with Crippen LogP contribution in [-0.4, -0.2) is 30.7 Å². The molecule has 2 rings (SSSR count). The first kappa shape index (κ1) is 23.0. The van der Waals surface area contributed by atoms with Crippen molar-refractivity contribution in [2.45, 2.75) is 51.9 Å². The lowest BCUT2D eigenvalue weighted by Crippen LogP contribution is -2.35. The summed E-state index contributed by atoms with van der Waals surface area (Å²) >= 11 is 0. The van der Waals surface area contributed by atoms with Gasteiger partial charge in [-0.05, 0) is 46.9 Å². The summed E-state index contributed by atoms with van der Waals surface area (Å²) in [6.07, 6.45) is 0.818. The van der Waals surface area contributed by atoms with E-state index >= 15 is 0 Å². The smallest absolute Gasteiger partial charge is 0.150 e. The van der Waals surface area contributed by atoms with Crippen LogP contribution in [0.5, 0.6) is 0 Å². The highest BCUT2D eigenvalue weighted by Gasteiger charge is 2.45. The molecule has 0 aliphatic heterocycles. The standard InChI is InChI=1S/C23H33N4OP/c1-22(2,3)29(23(4,5)6,21-15-13-20(14-16-21)27(7)8)26-25-24-19-11-9-18(17-28)10-12-19/h9-17H,1-8H3. The lowest BCUT2D eigenvalue weighted by atomic mass is 10.2. The van der Waals surface area contributed by atoms with Gasteiger partial charge in [-0.3, -0.25) is 4.79 Å². The molecule has 29 heavy (non-hydrogen) atoms. The molecule has 0 unspecified atom stereocenters. The van der Waals surface area contributed by atoms with Gasteiger partial charge in [0.25, 0.3) is 0 Å². The van der Waals surface area contributed by atoms with Crippen molar-refractivity contribution in [3.8, 4) is 0 Å². The molecule has 0 atom stereocenters. The van der Waals surface area contributed by atoms with E-state index in [0.717, 1.165) is 12.0 Å². The fraction of sp³-hybridized carbons (Fsp3) is 0.435. The van der Waals surface area contributed by atoms with Crippen LogP contribution in [0.3, 0.4) is 0 Å². The Kier molecular flexibility index (Phi) is 6.85. The number of hydrogen-bond acceptors (Lipinski definition) is 3. The van der Waals surface area contributed by atoms with Crippen molar-refractivity contribution in [3.63, 3.8) is 0 Å². The first-order chi connectivity index (χ1) is 13.4. The highest BCUT2D eigenvalue weighted by Crippen LogP contribution is 2.68. The maximum atomic E-state index is 10.8. The van der Waals surface area contributed by atoms with Crippen molar-refractivity contribution >= 4 is 30.0 Å². The van der Waals surface area contributed by atoms with Crippen LogP contribution >= 0.6 is 7.05 Å². The molecule has 0 spiro atoms. The van der Waals surface area contributed by atoms with Crippen molar-refractivity contribution in [2.75, 3.05) is 19.0 Å². The molecule has 2 aromatic rings. The Hall–Kier alpha value is -2.26. The maximum Gasteiger partial charge on any atom is 0.150 e. The van der Waals surface area contributed by atoms with Gasteiger partial charge in [-0.15, -0.1) is 9.97 Å². The van der Waals surface area contributed by atoms with Gasteiger partial charge in [0.2, 0.25) is 0 Å². The minimum absolute atomic E-state index is 0.0920. The molecule has 156 valence electrons. The van der Waals surface area contributed by atoms with Crippen LogP contribution in [0.2, 0.25) is 0 Å². The number of nitrogens with zero attached hydrogens (tertiary/aromatic N) is 4. The third kappa shape index (κ3) is 4.84. The molecule has 2 aromatic carbocycles. The van der Waals surface area contributed by atoms with Crippen molar-refractivity contribution in [3.05, 3.63) is 54.1 Å². The van der Waals surface area contributed by atoms with Gasteiger partial charge >= 0.3 is 0 Å². The Morgan fingerprint density at radius 3 is 1.76 bits per heavy atom. The van der Waals surface area contributed by atoms with E-state index in [4.69, 9.17) is 4.85 Å². The fourth-order valence-corrected chi connectivity index (χ4v) is 8.76. The van der Waals surface area contributed by atoms with Gasteiger partial charge in [0, 0.05) is 42.7 Å². The molecule has 0 saturated carbocycles. The zero-order valence-corrected chi connectivity index (χ0v) is 19.7. The summed E-state index contributed by atoms with van der Waals surface area (Å²) in [4.78, 5) is 17.9. The van der Waals surface area contributed by atoms with Crippen LogP contribution in [0.25, 0.3) is 0 Å². The second kappa shape index (κ2) is 8.62. The molecule has 5 nitrogen and oxygen atoms in total. The molecule has 6 heteroatoms. The quantitative estimate of drug-likeness (QED) is 0.238. The van der Waals surface area contributed by atoms with Crippen LogP contribution in [-0.2, 0) is 0 Å². The maximum absolute atomic E-state index is 10.8. The lowest BCUT2D eigenvalue weighted by Gasteiger charge is -2.45. The Bertz CT molecular complexity index is 897. The van der Waals surface area contributed by atoms with E-state index in [9.17, 15) is 4.79 Å². The number of anilines is 1. The van der Waals surface area contributed by atoms with Crippen LogP contribution in [0.15, 0.2) is 63.7 Å². The van der Waals surface area contributed by atoms with E-state index in [-0.39, 0.29) is 10.3 Å². The summed E-state index contributed by atoms with van der Waals surface area (Å²) in [6.45, 7) is 13.4. The van der Waals surface area contributed by atoms with E-state index < -0.39 is 7.05 Å². The van der Waals surface area contributed by atoms with Crippen LogP contribution in [0, 0.1) is 0 Å². The predicted octanol–water partition coefficient (Wildman–Crippen LogP) is 6.69. The number of hydrogen-bond donors (Lipinski definition) is 0. The van der Waals surface area contributed by atoms with Gasteiger partial charge in [0.15, 0.2) is 0 Å². The number of carbonyl (C=O) groups is 1. The van der Waals surface area contributed by atoms with E-state index in [1.54, 1.807) is 24.3 Å². The first-order valence-corrected chi connectivity index (χ1v) is 11.5. The highest BCUT2D eigenvalue weighted by atomic mass is 31.2. The largest absolute Gasteiger partial charge is 0.378 e. The van der Waals surface area contributed by atoms with E-state index in [1.807, 2.05) is 14.1 Å². The number of carbonyl (C=O) groups excluding carboxylic acids is 1. The third-order valence-corrected chi connectivity index (χ3v) is 10.3. The first-order valence-electron chi connectivity index (χ1n) is 9.78. The molecule has 0 amide bonds. The van der Waals surface area contributed by atoms with Crippen molar-refractivity contribution in [1.29, 1.82) is 0 Å². The minimum atomic E-state index is -2.13. The molecular weight excluding hydrogens is 379 g/mol. The SMILES string of the molecule is CN(C)c1ccc(P(=NN=Nc2ccc(C=O)cc2)(C(C)(C)C)C(C)(C)C)cc1. The van der Waals surface area contributed by atoms with E-state index in [1.165, 1.54) is 5.30 Å². The minimum Gasteiger partial charge on any atom is -0.378 e. The molecule has 0 N–H and O–H groups in total. The molecule has 0 heterocycles. The van der Waals surface area contributed by atoms with Crippen molar-refractivity contribution < 1.29 is 4.79 Å². The zero-order valence-electron chi connectivity index (χ0n) is 18.8. The molecule has 0 aromatic heterocycles. The van der Waals surface area contributed by atoms with Gasteiger partial charge in [-0.2, -0.15) is 0 Å². The number of rotatable bonds is 5. The normalized spacial score (nSPS) is 12.8. The molecule has 0 saturated heterocycles. The molecular formula is C23H33N4OP.